The third-order valence-electron chi connectivity index (χ3n) is 3.13. The molecule has 2 amide bonds. The molecule has 3 N–H and O–H groups in total. The molecule has 0 aliphatic carbocycles. The minimum atomic E-state index is -0.613. The summed E-state index contributed by atoms with van der Waals surface area (Å²) < 4.78 is 0. The van der Waals surface area contributed by atoms with E-state index in [1.807, 2.05) is 18.2 Å². The Kier molecular flexibility index (Phi) is 4.29. The predicted octanol–water partition coefficient (Wildman–Crippen LogP) is 0.565. The van der Waals surface area contributed by atoms with Crippen molar-refractivity contribution in [3.8, 4) is 10.7 Å². The van der Waals surface area contributed by atoms with E-state index in [9.17, 15) is 9.59 Å². The van der Waals surface area contributed by atoms with Crippen LogP contribution in [0.3, 0.4) is 0 Å². The van der Waals surface area contributed by atoms with Crippen LogP contribution in [0.15, 0.2) is 34.9 Å². The van der Waals surface area contributed by atoms with Gasteiger partial charge in [0.1, 0.15) is 16.4 Å². The van der Waals surface area contributed by atoms with E-state index in [0.717, 1.165) is 5.69 Å². The molecular weight excluding hydrogens is 318 g/mol. The van der Waals surface area contributed by atoms with Gasteiger partial charge >= 0.3 is 0 Å². The number of thiazole rings is 1. The van der Waals surface area contributed by atoms with E-state index in [0.29, 0.717) is 10.7 Å². The minimum absolute atomic E-state index is 0.176. The molecule has 3 heterocycles. The van der Waals surface area contributed by atoms with E-state index in [2.05, 4.69) is 20.4 Å². The van der Waals surface area contributed by atoms with Crippen LogP contribution in [0, 0.1) is 0 Å². The monoisotopic (exact) mass is 331 g/mol. The molecular formula is C14H13N5O3S. The van der Waals surface area contributed by atoms with Crippen molar-refractivity contribution >= 4 is 28.9 Å². The molecule has 0 saturated carbocycles. The largest absolute Gasteiger partial charge is 0.390 e. The molecule has 118 valence electrons. The molecule has 0 saturated heterocycles. The summed E-state index contributed by atoms with van der Waals surface area (Å²) in [5, 5.41) is 8.62. The number of hydrogen-bond acceptors (Lipinski definition) is 7. The Morgan fingerprint density at radius 2 is 2.30 bits per heavy atom. The van der Waals surface area contributed by atoms with E-state index in [1.54, 1.807) is 11.6 Å². The molecule has 1 atom stereocenters. The molecule has 0 bridgehead atoms. The lowest BCUT2D eigenvalue weighted by atomic mass is 10.2. The Bertz CT molecular complexity index is 759. The van der Waals surface area contributed by atoms with E-state index in [1.165, 1.54) is 11.3 Å². The number of nitrogens with two attached hydrogens (primary N) is 1. The first-order valence-electron chi connectivity index (χ1n) is 6.81. The zero-order chi connectivity index (χ0) is 16.2. The lowest BCUT2D eigenvalue weighted by molar-refractivity contribution is -0.112. The maximum Gasteiger partial charge on any atom is 0.270 e. The van der Waals surface area contributed by atoms with Crippen LogP contribution in [-0.2, 0) is 9.63 Å². The lowest BCUT2D eigenvalue weighted by Gasteiger charge is -2.08. The quantitative estimate of drug-likeness (QED) is 0.830. The average Bonchev–Trinajstić information content (AvgIpc) is 3.23. The van der Waals surface area contributed by atoms with Crippen molar-refractivity contribution in [3.63, 3.8) is 0 Å². The van der Waals surface area contributed by atoms with Gasteiger partial charge in [0.2, 0.25) is 0 Å². The van der Waals surface area contributed by atoms with Crippen LogP contribution in [0.4, 0.5) is 0 Å². The lowest BCUT2D eigenvalue weighted by Crippen LogP contribution is -2.33. The highest BCUT2D eigenvalue weighted by atomic mass is 32.1. The van der Waals surface area contributed by atoms with Gasteiger partial charge in [-0.1, -0.05) is 11.2 Å². The van der Waals surface area contributed by atoms with Crippen molar-refractivity contribution in [2.24, 2.45) is 10.9 Å². The van der Waals surface area contributed by atoms with Gasteiger partial charge in [0.25, 0.3) is 11.8 Å². The number of rotatable bonds is 5. The second-order valence-electron chi connectivity index (χ2n) is 4.80. The summed E-state index contributed by atoms with van der Waals surface area (Å²) in [5.41, 5.74) is 6.32. The smallest absolute Gasteiger partial charge is 0.270 e. The first kappa shape index (κ1) is 15.1. The number of carbonyl (C=O) groups is 2. The highest BCUT2D eigenvalue weighted by Crippen LogP contribution is 2.21. The summed E-state index contributed by atoms with van der Waals surface area (Å²) in [7, 11) is 0. The van der Waals surface area contributed by atoms with Crippen LogP contribution < -0.4 is 11.1 Å². The van der Waals surface area contributed by atoms with Crippen molar-refractivity contribution < 1.29 is 14.4 Å². The zero-order valence-electron chi connectivity index (χ0n) is 11.9. The van der Waals surface area contributed by atoms with Crippen LogP contribution in [0.25, 0.3) is 10.7 Å². The Hall–Kier alpha value is -2.81. The fourth-order valence-electron chi connectivity index (χ4n) is 1.97. The summed E-state index contributed by atoms with van der Waals surface area (Å²) in [4.78, 5) is 36.5. The standard InChI is InChI=1S/C14H13N5O3S/c15-12(20)10-5-8(22-19-10)6-17-13(21)11-7-23-14(18-11)9-3-1-2-4-16-9/h1-4,7-8H,5-6H2,(H2,15,20)(H,17,21). The van der Waals surface area contributed by atoms with E-state index in [-0.39, 0.29) is 24.6 Å². The molecule has 3 rings (SSSR count). The third-order valence-corrected chi connectivity index (χ3v) is 3.99. The number of hydrogen-bond donors (Lipinski definition) is 2. The fraction of sp³-hybridized carbons (Fsp3) is 0.214. The predicted molar refractivity (Wildman–Crippen MR) is 83.8 cm³/mol. The molecule has 0 aromatic carbocycles. The van der Waals surface area contributed by atoms with Crippen molar-refractivity contribution in [1.29, 1.82) is 0 Å². The summed E-state index contributed by atoms with van der Waals surface area (Å²) in [6.45, 7) is 0.218. The van der Waals surface area contributed by atoms with Gasteiger partial charge in [-0.15, -0.1) is 11.3 Å². The van der Waals surface area contributed by atoms with E-state index < -0.39 is 12.0 Å². The molecule has 8 nitrogen and oxygen atoms in total. The SMILES string of the molecule is NC(=O)C1=NOC(CNC(=O)c2csc(-c3ccccn3)n2)C1. The second kappa shape index (κ2) is 6.53. The van der Waals surface area contributed by atoms with Crippen molar-refractivity contribution in [2.45, 2.75) is 12.5 Å². The molecule has 0 radical (unpaired) electrons. The third kappa shape index (κ3) is 3.51. The molecule has 0 spiro atoms. The summed E-state index contributed by atoms with van der Waals surface area (Å²) in [5.74, 6) is -0.933. The van der Waals surface area contributed by atoms with Gasteiger partial charge in [-0.3, -0.25) is 14.6 Å². The molecule has 1 aliphatic heterocycles. The number of aromatic nitrogens is 2. The van der Waals surface area contributed by atoms with Crippen LogP contribution in [0.5, 0.6) is 0 Å². The molecule has 9 heteroatoms. The van der Waals surface area contributed by atoms with Crippen LogP contribution >= 0.6 is 11.3 Å². The molecule has 0 fully saturated rings. The molecule has 2 aromatic rings. The highest BCUT2D eigenvalue weighted by Gasteiger charge is 2.25. The van der Waals surface area contributed by atoms with E-state index >= 15 is 0 Å². The van der Waals surface area contributed by atoms with Gasteiger partial charge in [-0.05, 0) is 12.1 Å². The molecule has 1 aliphatic rings. The van der Waals surface area contributed by atoms with Crippen molar-refractivity contribution in [2.75, 3.05) is 6.54 Å². The summed E-state index contributed by atoms with van der Waals surface area (Å²) in [6.07, 6.45) is 1.56. The van der Waals surface area contributed by atoms with Gasteiger partial charge in [-0.25, -0.2) is 4.98 Å². The number of nitrogens with one attached hydrogen (secondary N) is 1. The Balaban J connectivity index is 1.56. The zero-order valence-corrected chi connectivity index (χ0v) is 12.7. The summed E-state index contributed by atoms with van der Waals surface area (Å²) in [6, 6.07) is 5.50. The number of primary amides is 1. The number of pyridine rings is 1. The molecule has 1 unspecified atom stereocenters. The summed E-state index contributed by atoms with van der Waals surface area (Å²) >= 11 is 1.34. The number of carbonyl (C=O) groups excluding carboxylic acids is 2. The Labute approximate surface area is 135 Å². The van der Waals surface area contributed by atoms with Crippen molar-refractivity contribution in [1.82, 2.24) is 15.3 Å². The van der Waals surface area contributed by atoms with Gasteiger partial charge in [-0.2, -0.15) is 0 Å². The van der Waals surface area contributed by atoms with Gasteiger partial charge < -0.3 is 15.9 Å². The van der Waals surface area contributed by atoms with E-state index in [4.69, 9.17) is 10.6 Å². The normalized spacial score (nSPS) is 16.5. The Morgan fingerprint density at radius 1 is 1.43 bits per heavy atom. The maximum atomic E-state index is 12.1. The second-order valence-corrected chi connectivity index (χ2v) is 5.65. The number of oxime groups is 1. The molecule has 2 aromatic heterocycles. The fourth-order valence-corrected chi connectivity index (χ4v) is 2.74. The topological polar surface area (TPSA) is 120 Å². The van der Waals surface area contributed by atoms with Crippen LogP contribution in [0.1, 0.15) is 16.9 Å². The first-order valence-corrected chi connectivity index (χ1v) is 7.69. The number of amides is 2. The van der Waals surface area contributed by atoms with Gasteiger partial charge in [0, 0.05) is 18.0 Å². The maximum absolute atomic E-state index is 12.1. The van der Waals surface area contributed by atoms with Crippen LogP contribution in [0.2, 0.25) is 0 Å². The molecule has 23 heavy (non-hydrogen) atoms. The Morgan fingerprint density at radius 3 is 3.00 bits per heavy atom. The minimum Gasteiger partial charge on any atom is -0.390 e. The van der Waals surface area contributed by atoms with Gasteiger partial charge in [0.05, 0.1) is 12.2 Å². The highest BCUT2D eigenvalue weighted by molar-refractivity contribution is 7.13. The number of nitrogens with zero attached hydrogens (tertiary/aromatic N) is 3. The average molecular weight is 331 g/mol. The van der Waals surface area contributed by atoms with Crippen molar-refractivity contribution in [3.05, 3.63) is 35.5 Å². The van der Waals surface area contributed by atoms with Crippen LogP contribution in [-0.4, -0.2) is 40.1 Å². The van der Waals surface area contributed by atoms with Gasteiger partial charge in [0.15, 0.2) is 6.10 Å². The first-order chi connectivity index (χ1) is 11.1.